The zero-order valence-corrected chi connectivity index (χ0v) is 13.2. The predicted molar refractivity (Wildman–Crippen MR) is 78.5 cm³/mol. The van der Waals surface area contributed by atoms with Crippen molar-refractivity contribution in [1.82, 2.24) is 0 Å². The number of rotatable bonds is 5. The van der Waals surface area contributed by atoms with Crippen molar-refractivity contribution in [3.8, 4) is 0 Å². The molecular formula is C12H14BrCl2NO2. The molecule has 100 valence electrons. The maximum absolute atomic E-state index is 11.3. The molecule has 1 N–H and O–H groups in total. The lowest BCUT2D eigenvalue weighted by atomic mass is 10.2. The smallest absolute Gasteiger partial charge is 0.307 e. The van der Waals surface area contributed by atoms with E-state index in [-0.39, 0.29) is 18.4 Å². The molecule has 0 aromatic heterocycles. The Bertz CT molecular complexity index is 417. The van der Waals surface area contributed by atoms with E-state index >= 15 is 0 Å². The molecule has 0 aliphatic heterocycles. The number of esters is 1. The van der Waals surface area contributed by atoms with Crippen molar-refractivity contribution in [2.75, 3.05) is 11.9 Å². The van der Waals surface area contributed by atoms with Crippen molar-refractivity contribution in [2.45, 2.75) is 26.3 Å². The van der Waals surface area contributed by atoms with Crippen molar-refractivity contribution in [3.63, 3.8) is 0 Å². The zero-order chi connectivity index (χ0) is 13.7. The van der Waals surface area contributed by atoms with E-state index in [1.807, 2.05) is 6.92 Å². The average molecular weight is 355 g/mol. The first kappa shape index (κ1) is 15.6. The van der Waals surface area contributed by atoms with E-state index in [1.54, 1.807) is 19.1 Å². The highest BCUT2D eigenvalue weighted by Crippen LogP contribution is 2.34. The van der Waals surface area contributed by atoms with Gasteiger partial charge in [0, 0.05) is 10.5 Å². The van der Waals surface area contributed by atoms with Gasteiger partial charge in [-0.2, -0.15) is 0 Å². The van der Waals surface area contributed by atoms with Gasteiger partial charge in [-0.05, 0) is 26.0 Å². The number of carbonyl (C=O) groups is 1. The van der Waals surface area contributed by atoms with E-state index in [2.05, 4.69) is 21.2 Å². The maximum Gasteiger partial charge on any atom is 0.307 e. The molecule has 6 heteroatoms. The Morgan fingerprint density at radius 2 is 2.00 bits per heavy atom. The summed E-state index contributed by atoms with van der Waals surface area (Å²) in [5, 5.41) is 4.12. The van der Waals surface area contributed by atoms with E-state index in [9.17, 15) is 4.79 Å². The normalized spacial score (nSPS) is 12.1. The molecule has 0 amide bonds. The molecule has 0 fully saturated rings. The maximum atomic E-state index is 11.3. The summed E-state index contributed by atoms with van der Waals surface area (Å²) in [6.45, 7) is 4.02. The van der Waals surface area contributed by atoms with E-state index in [0.29, 0.717) is 22.3 Å². The van der Waals surface area contributed by atoms with Crippen LogP contribution in [0.1, 0.15) is 20.3 Å². The Labute approximate surface area is 125 Å². The van der Waals surface area contributed by atoms with Crippen LogP contribution in [-0.4, -0.2) is 18.6 Å². The number of ether oxygens (including phenoxy) is 1. The highest BCUT2D eigenvalue weighted by Gasteiger charge is 2.14. The summed E-state index contributed by atoms with van der Waals surface area (Å²) in [5.74, 6) is -0.248. The van der Waals surface area contributed by atoms with Gasteiger partial charge in [0.1, 0.15) is 0 Å². The monoisotopic (exact) mass is 353 g/mol. The molecular weight excluding hydrogens is 341 g/mol. The fourth-order valence-corrected chi connectivity index (χ4v) is 2.77. The Morgan fingerprint density at radius 1 is 1.44 bits per heavy atom. The molecule has 0 spiro atoms. The molecule has 1 aromatic carbocycles. The molecule has 18 heavy (non-hydrogen) atoms. The van der Waals surface area contributed by atoms with Gasteiger partial charge >= 0.3 is 5.97 Å². The highest BCUT2D eigenvalue weighted by atomic mass is 79.9. The summed E-state index contributed by atoms with van der Waals surface area (Å²) in [6, 6.07) is 3.37. The number of nitrogens with one attached hydrogen (secondary N) is 1. The Hall–Kier alpha value is -0.450. The van der Waals surface area contributed by atoms with Crippen LogP contribution in [0.25, 0.3) is 0 Å². The van der Waals surface area contributed by atoms with Gasteiger partial charge in [-0.1, -0.05) is 39.1 Å². The standard InChI is InChI=1S/C12H14BrCl2NO2/c1-3-18-11(17)4-7(2)16-12-9(14)5-8(13)6-10(12)15/h5-7,16H,3-4H2,1-2H3. The van der Waals surface area contributed by atoms with Crippen LogP contribution in [0.2, 0.25) is 10.0 Å². The van der Waals surface area contributed by atoms with Gasteiger partial charge in [0.2, 0.25) is 0 Å². The molecule has 1 atom stereocenters. The van der Waals surface area contributed by atoms with E-state index in [1.165, 1.54) is 0 Å². The third kappa shape index (κ3) is 4.67. The van der Waals surface area contributed by atoms with Crippen LogP contribution in [0.4, 0.5) is 5.69 Å². The van der Waals surface area contributed by atoms with Crippen molar-refractivity contribution in [1.29, 1.82) is 0 Å². The second-order valence-corrected chi connectivity index (χ2v) is 5.53. The van der Waals surface area contributed by atoms with Gasteiger partial charge in [-0.25, -0.2) is 0 Å². The number of anilines is 1. The number of benzene rings is 1. The zero-order valence-electron chi connectivity index (χ0n) is 10.1. The Morgan fingerprint density at radius 3 is 2.50 bits per heavy atom. The molecule has 0 saturated carbocycles. The molecule has 1 rings (SSSR count). The summed E-state index contributed by atoms with van der Waals surface area (Å²) in [5.41, 5.74) is 0.623. The topological polar surface area (TPSA) is 38.3 Å². The molecule has 0 aliphatic rings. The fraction of sp³-hybridized carbons (Fsp3) is 0.417. The second kappa shape index (κ2) is 7.22. The summed E-state index contributed by atoms with van der Waals surface area (Å²) in [7, 11) is 0. The van der Waals surface area contributed by atoms with Gasteiger partial charge in [-0.15, -0.1) is 0 Å². The van der Waals surface area contributed by atoms with Gasteiger partial charge in [-0.3, -0.25) is 4.79 Å². The Balaban J connectivity index is 2.70. The van der Waals surface area contributed by atoms with Gasteiger partial charge in [0.15, 0.2) is 0 Å². The molecule has 0 radical (unpaired) electrons. The molecule has 0 aliphatic carbocycles. The Kier molecular flexibility index (Phi) is 6.26. The second-order valence-electron chi connectivity index (χ2n) is 3.80. The van der Waals surface area contributed by atoms with Crippen LogP contribution in [0.5, 0.6) is 0 Å². The lowest BCUT2D eigenvalue weighted by Crippen LogP contribution is -2.21. The number of hydrogen-bond acceptors (Lipinski definition) is 3. The average Bonchev–Trinajstić information content (AvgIpc) is 2.23. The van der Waals surface area contributed by atoms with Crippen LogP contribution in [-0.2, 0) is 9.53 Å². The van der Waals surface area contributed by atoms with E-state index < -0.39 is 0 Å². The summed E-state index contributed by atoms with van der Waals surface area (Å²) in [4.78, 5) is 11.3. The summed E-state index contributed by atoms with van der Waals surface area (Å²) < 4.78 is 5.68. The minimum atomic E-state index is -0.248. The number of hydrogen-bond donors (Lipinski definition) is 1. The van der Waals surface area contributed by atoms with Crippen molar-refractivity contribution >= 4 is 50.8 Å². The SMILES string of the molecule is CCOC(=O)CC(C)Nc1c(Cl)cc(Br)cc1Cl. The molecule has 1 unspecified atom stereocenters. The quantitative estimate of drug-likeness (QED) is 0.790. The first-order valence-corrected chi connectivity index (χ1v) is 7.05. The third-order valence-electron chi connectivity index (χ3n) is 2.18. The van der Waals surface area contributed by atoms with Crippen molar-refractivity contribution in [3.05, 3.63) is 26.7 Å². The summed E-state index contributed by atoms with van der Waals surface area (Å²) >= 11 is 15.5. The number of carbonyl (C=O) groups excluding carboxylic acids is 1. The van der Waals surface area contributed by atoms with Gasteiger partial charge < -0.3 is 10.1 Å². The number of halogens is 3. The van der Waals surface area contributed by atoms with Gasteiger partial charge in [0.25, 0.3) is 0 Å². The van der Waals surface area contributed by atoms with Crippen molar-refractivity contribution < 1.29 is 9.53 Å². The minimum Gasteiger partial charge on any atom is -0.466 e. The van der Waals surface area contributed by atoms with Gasteiger partial charge in [0.05, 0.1) is 28.8 Å². The summed E-state index contributed by atoms with van der Waals surface area (Å²) in [6.07, 6.45) is 0.260. The lowest BCUT2D eigenvalue weighted by molar-refractivity contribution is -0.143. The highest BCUT2D eigenvalue weighted by molar-refractivity contribution is 9.10. The van der Waals surface area contributed by atoms with Crippen LogP contribution in [0.15, 0.2) is 16.6 Å². The molecule has 1 aromatic rings. The fourth-order valence-electron chi connectivity index (χ4n) is 1.45. The minimum absolute atomic E-state index is 0.111. The van der Waals surface area contributed by atoms with Crippen LogP contribution >= 0.6 is 39.1 Å². The van der Waals surface area contributed by atoms with Crippen molar-refractivity contribution in [2.24, 2.45) is 0 Å². The molecule has 0 heterocycles. The first-order valence-electron chi connectivity index (χ1n) is 5.50. The lowest BCUT2D eigenvalue weighted by Gasteiger charge is -2.17. The largest absolute Gasteiger partial charge is 0.466 e. The van der Waals surface area contributed by atoms with E-state index in [0.717, 1.165) is 4.47 Å². The molecule has 0 saturated heterocycles. The molecule has 3 nitrogen and oxygen atoms in total. The first-order chi connectivity index (χ1) is 8.43. The van der Waals surface area contributed by atoms with Crippen LogP contribution in [0, 0.1) is 0 Å². The van der Waals surface area contributed by atoms with Crippen LogP contribution < -0.4 is 5.32 Å². The molecule has 0 bridgehead atoms. The van der Waals surface area contributed by atoms with Crippen LogP contribution in [0.3, 0.4) is 0 Å². The van der Waals surface area contributed by atoms with E-state index in [4.69, 9.17) is 27.9 Å². The third-order valence-corrected chi connectivity index (χ3v) is 3.23. The predicted octanol–water partition coefficient (Wildman–Crippen LogP) is 4.51.